The van der Waals surface area contributed by atoms with Crippen LogP contribution in [-0.4, -0.2) is 13.2 Å². The van der Waals surface area contributed by atoms with Crippen LogP contribution >= 0.6 is 11.3 Å². The largest absolute Gasteiger partial charge is 0.492 e. The van der Waals surface area contributed by atoms with Gasteiger partial charge < -0.3 is 10.1 Å². The number of fused-ring (bicyclic) bond motifs is 1. The molecule has 0 saturated carbocycles. The monoisotopic (exact) mass is 231 g/mol. The van der Waals surface area contributed by atoms with Crippen molar-refractivity contribution in [3.8, 4) is 5.75 Å². The van der Waals surface area contributed by atoms with Crippen LogP contribution in [0.25, 0.3) is 0 Å². The van der Waals surface area contributed by atoms with Crippen molar-refractivity contribution in [3.63, 3.8) is 0 Å². The second-order valence-corrected chi connectivity index (χ2v) is 4.77. The van der Waals surface area contributed by atoms with Crippen LogP contribution in [0.15, 0.2) is 41.8 Å². The summed E-state index contributed by atoms with van der Waals surface area (Å²) in [6.07, 6.45) is 0. The molecule has 0 bridgehead atoms. The van der Waals surface area contributed by atoms with Gasteiger partial charge in [-0.2, -0.15) is 0 Å². The third-order valence-electron chi connectivity index (χ3n) is 2.77. The van der Waals surface area contributed by atoms with Gasteiger partial charge in [-0.1, -0.05) is 24.3 Å². The Bertz CT molecular complexity index is 467. The van der Waals surface area contributed by atoms with Crippen LogP contribution in [0.4, 0.5) is 0 Å². The van der Waals surface area contributed by atoms with E-state index in [0.29, 0.717) is 0 Å². The number of hydrogen-bond acceptors (Lipinski definition) is 3. The summed E-state index contributed by atoms with van der Waals surface area (Å²) in [5, 5.41) is 5.64. The van der Waals surface area contributed by atoms with E-state index < -0.39 is 0 Å². The Hall–Kier alpha value is -1.32. The van der Waals surface area contributed by atoms with Crippen molar-refractivity contribution in [1.29, 1.82) is 0 Å². The molecule has 0 unspecified atom stereocenters. The van der Waals surface area contributed by atoms with Crippen LogP contribution in [0.1, 0.15) is 16.5 Å². The summed E-state index contributed by atoms with van der Waals surface area (Å²) < 4.78 is 5.72. The van der Waals surface area contributed by atoms with Crippen LogP contribution in [0.5, 0.6) is 5.75 Å². The average Bonchev–Trinajstić information content (AvgIpc) is 2.76. The van der Waals surface area contributed by atoms with E-state index >= 15 is 0 Å². The average molecular weight is 231 g/mol. The first-order valence-corrected chi connectivity index (χ1v) is 6.31. The van der Waals surface area contributed by atoms with E-state index in [-0.39, 0.29) is 6.04 Å². The lowest BCUT2D eigenvalue weighted by molar-refractivity contribution is 0.325. The van der Waals surface area contributed by atoms with Gasteiger partial charge in [0.05, 0.1) is 6.04 Å². The molecular weight excluding hydrogens is 218 g/mol. The third-order valence-corrected chi connectivity index (χ3v) is 3.70. The Labute approximate surface area is 98.9 Å². The van der Waals surface area contributed by atoms with Gasteiger partial charge in [0.1, 0.15) is 12.4 Å². The molecule has 1 N–H and O–H groups in total. The quantitative estimate of drug-likeness (QED) is 0.815. The molecule has 2 nitrogen and oxygen atoms in total. The molecule has 2 heterocycles. The lowest BCUT2D eigenvalue weighted by Gasteiger charge is -2.15. The van der Waals surface area contributed by atoms with Crippen molar-refractivity contribution < 1.29 is 4.74 Å². The van der Waals surface area contributed by atoms with Crippen molar-refractivity contribution in [2.75, 3.05) is 13.2 Å². The van der Waals surface area contributed by atoms with Gasteiger partial charge in [-0.05, 0) is 17.5 Å². The zero-order valence-electron chi connectivity index (χ0n) is 8.85. The molecule has 0 saturated heterocycles. The number of rotatable bonds is 1. The molecule has 1 aliphatic heterocycles. The Balaban J connectivity index is 2.06. The van der Waals surface area contributed by atoms with Crippen LogP contribution < -0.4 is 10.1 Å². The SMILES string of the molecule is c1csc([C@H]2NCCOc3ccccc32)c1. The van der Waals surface area contributed by atoms with E-state index in [1.807, 2.05) is 12.1 Å². The Morgan fingerprint density at radius 2 is 2.12 bits per heavy atom. The Morgan fingerprint density at radius 3 is 3.00 bits per heavy atom. The van der Waals surface area contributed by atoms with E-state index in [1.165, 1.54) is 10.4 Å². The molecule has 3 rings (SSSR count). The topological polar surface area (TPSA) is 21.3 Å². The fourth-order valence-corrected chi connectivity index (χ4v) is 2.85. The molecule has 3 heteroatoms. The first-order valence-electron chi connectivity index (χ1n) is 5.43. The van der Waals surface area contributed by atoms with Gasteiger partial charge in [-0.25, -0.2) is 0 Å². The van der Waals surface area contributed by atoms with Gasteiger partial charge in [0.2, 0.25) is 0 Å². The third kappa shape index (κ3) is 1.72. The van der Waals surface area contributed by atoms with Crippen molar-refractivity contribution in [3.05, 3.63) is 52.2 Å². The van der Waals surface area contributed by atoms with E-state index in [1.54, 1.807) is 11.3 Å². The minimum atomic E-state index is 0.277. The summed E-state index contributed by atoms with van der Waals surface area (Å²) in [7, 11) is 0. The van der Waals surface area contributed by atoms with Crippen LogP contribution in [0.2, 0.25) is 0 Å². The maximum absolute atomic E-state index is 5.72. The standard InChI is InChI=1S/C13H13NOS/c1-2-5-11-10(4-1)13(14-7-8-15-11)12-6-3-9-16-12/h1-6,9,13-14H,7-8H2/t13-/m0/s1. The van der Waals surface area contributed by atoms with E-state index in [2.05, 4.69) is 35.0 Å². The van der Waals surface area contributed by atoms with Gasteiger partial charge in [-0.15, -0.1) is 11.3 Å². The Morgan fingerprint density at radius 1 is 1.19 bits per heavy atom. The van der Waals surface area contributed by atoms with Crippen LogP contribution in [0, 0.1) is 0 Å². The van der Waals surface area contributed by atoms with Gasteiger partial charge >= 0.3 is 0 Å². The summed E-state index contributed by atoms with van der Waals surface area (Å²) in [6.45, 7) is 1.62. The van der Waals surface area contributed by atoms with E-state index in [4.69, 9.17) is 4.74 Å². The highest BCUT2D eigenvalue weighted by atomic mass is 32.1. The molecule has 1 aliphatic rings. The van der Waals surface area contributed by atoms with Crippen LogP contribution in [-0.2, 0) is 0 Å². The summed E-state index contributed by atoms with van der Waals surface area (Å²) in [5.74, 6) is 1.01. The fraction of sp³-hybridized carbons (Fsp3) is 0.231. The molecular formula is C13H13NOS. The van der Waals surface area contributed by atoms with E-state index in [9.17, 15) is 0 Å². The summed E-state index contributed by atoms with van der Waals surface area (Å²) in [4.78, 5) is 1.35. The number of ether oxygens (including phenoxy) is 1. The van der Waals surface area contributed by atoms with Crippen molar-refractivity contribution in [2.24, 2.45) is 0 Å². The molecule has 0 amide bonds. The van der Waals surface area contributed by atoms with Gasteiger partial charge in [0.15, 0.2) is 0 Å². The highest BCUT2D eigenvalue weighted by Crippen LogP contribution is 2.33. The second-order valence-electron chi connectivity index (χ2n) is 3.79. The predicted octanol–water partition coefficient (Wildman–Crippen LogP) is 2.82. The molecule has 0 radical (unpaired) electrons. The normalized spacial score (nSPS) is 19.6. The fourth-order valence-electron chi connectivity index (χ4n) is 2.03. The van der Waals surface area contributed by atoms with Crippen molar-refractivity contribution in [2.45, 2.75) is 6.04 Å². The van der Waals surface area contributed by atoms with Crippen LogP contribution in [0.3, 0.4) is 0 Å². The maximum atomic E-state index is 5.72. The molecule has 0 aliphatic carbocycles. The molecule has 0 spiro atoms. The molecule has 1 aromatic carbocycles. The first-order chi connectivity index (χ1) is 7.95. The molecule has 1 atom stereocenters. The second kappa shape index (κ2) is 4.28. The zero-order chi connectivity index (χ0) is 10.8. The minimum Gasteiger partial charge on any atom is -0.492 e. The van der Waals surface area contributed by atoms with Gasteiger partial charge in [0.25, 0.3) is 0 Å². The van der Waals surface area contributed by atoms with Gasteiger partial charge in [0, 0.05) is 17.0 Å². The number of hydrogen-bond donors (Lipinski definition) is 1. The highest BCUT2D eigenvalue weighted by molar-refractivity contribution is 7.10. The lowest BCUT2D eigenvalue weighted by Crippen LogP contribution is -2.22. The Kier molecular flexibility index (Phi) is 2.64. The summed E-state index contributed by atoms with van der Waals surface area (Å²) in [5.41, 5.74) is 1.24. The molecule has 16 heavy (non-hydrogen) atoms. The minimum absolute atomic E-state index is 0.277. The summed E-state index contributed by atoms with van der Waals surface area (Å²) >= 11 is 1.78. The van der Waals surface area contributed by atoms with Crippen molar-refractivity contribution >= 4 is 11.3 Å². The number of nitrogens with one attached hydrogen (secondary N) is 1. The summed E-state index contributed by atoms with van der Waals surface area (Å²) in [6, 6.07) is 12.8. The number of benzene rings is 1. The molecule has 1 aromatic heterocycles. The van der Waals surface area contributed by atoms with E-state index in [0.717, 1.165) is 18.9 Å². The zero-order valence-corrected chi connectivity index (χ0v) is 9.67. The van der Waals surface area contributed by atoms with Gasteiger partial charge in [-0.3, -0.25) is 0 Å². The first kappa shape index (κ1) is 9.87. The molecule has 82 valence electrons. The number of para-hydroxylation sites is 1. The lowest BCUT2D eigenvalue weighted by atomic mass is 10.0. The molecule has 0 fully saturated rings. The highest BCUT2D eigenvalue weighted by Gasteiger charge is 2.20. The smallest absolute Gasteiger partial charge is 0.124 e. The number of thiophene rings is 1. The maximum Gasteiger partial charge on any atom is 0.124 e. The van der Waals surface area contributed by atoms with Crippen molar-refractivity contribution in [1.82, 2.24) is 5.32 Å². The predicted molar refractivity (Wildman–Crippen MR) is 66.1 cm³/mol. The molecule has 2 aromatic rings.